The largest absolute Gasteiger partial charge is 0.480 e. The van der Waals surface area contributed by atoms with Gasteiger partial charge >= 0.3 is 12.0 Å². The van der Waals surface area contributed by atoms with E-state index in [0.29, 0.717) is 11.3 Å². The molecule has 0 radical (unpaired) electrons. The second-order valence-electron chi connectivity index (χ2n) is 4.80. The zero-order valence-corrected chi connectivity index (χ0v) is 11.6. The zero-order chi connectivity index (χ0) is 15.3. The van der Waals surface area contributed by atoms with Crippen LogP contribution in [0.15, 0.2) is 24.3 Å². The molecular formula is C14H18N2O4. The maximum atomic E-state index is 11.7. The summed E-state index contributed by atoms with van der Waals surface area (Å²) in [6.07, 6.45) is 0. The number of amides is 2. The van der Waals surface area contributed by atoms with E-state index in [4.69, 9.17) is 5.11 Å². The molecule has 0 saturated carbocycles. The molecule has 0 spiro atoms. The minimum Gasteiger partial charge on any atom is -0.480 e. The highest BCUT2D eigenvalue weighted by atomic mass is 16.4. The third-order valence-electron chi connectivity index (χ3n) is 2.75. The molecule has 0 aliphatic carbocycles. The van der Waals surface area contributed by atoms with Crippen molar-refractivity contribution in [3.8, 4) is 0 Å². The highest BCUT2D eigenvalue weighted by molar-refractivity contribution is 5.97. The van der Waals surface area contributed by atoms with Crippen LogP contribution in [-0.4, -0.2) is 28.9 Å². The summed E-state index contributed by atoms with van der Waals surface area (Å²) in [6, 6.07) is 4.85. The fourth-order valence-electron chi connectivity index (χ4n) is 1.64. The normalized spacial score (nSPS) is 11.8. The third kappa shape index (κ3) is 4.38. The Morgan fingerprint density at radius 3 is 2.35 bits per heavy atom. The predicted molar refractivity (Wildman–Crippen MR) is 74.9 cm³/mol. The second kappa shape index (κ2) is 6.70. The molecule has 0 unspecified atom stereocenters. The smallest absolute Gasteiger partial charge is 0.326 e. The van der Waals surface area contributed by atoms with Crippen molar-refractivity contribution < 1.29 is 19.5 Å². The molecule has 108 valence electrons. The summed E-state index contributed by atoms with van der Waals surface area (Å²) >= 11 is 0. The zero-order valence-electron chi connectivity index (χ0n) is 11.6. The van der Waals surface area contributed by atoms with Crippen molar-refractivity contribution in [3.63, 3.8) is 0 Å². The first-order chi connectivity index (χ1) is 9.31. The number of nitrogens with one attached hydrogen (secondary N) is 2. The number of benzene rings is 1. The van der Waals surface area contributed by atoms with Crippen molar-refractivity contribution in [2.75, 3.05) is 5.32 Å². The van der Waals surface area contributed by atoms with Gasteiger partial charge in [0, 0.05) is 11.3 Å². The molecule has 6 nitrogen and oxygen atoms in total. The van der Waals surface area contributed by atoms with Crippen molar-refractivity contribution in [1.29, 1.82) is 0 Å². The second-order valence-corrected chi connectivity index (χ2v) is 4.80. The SMILES string of the molecule is CC(=O)c1cccc(NC(=O)N[C@H](C(=O)O)C(C)C)c1. The van der Waals surface area contributed by atoms with Crippen molar-refractivity contribution in [3.05, 3.63) is 29.8 Å². The summed E-state index contributed by atoms with van der Waals surface area (Å²) in [5.74, 6) is -1.44. The van der Waals surface area contributed by atoms with Crippen LogP contribution in [0.4, 0.5) is 10.5 Å². The van der Waals surface area contributed by atoms with E-state index >= 15 is 0 Å². The third-order valence-corrected chi connectivity index (χ3v) is 2.75. The number of hydrogen-bond donors (Lipinski definition) is 3. The van der Waals surface area contributed by atoms with E-state index in [-0.39, 0.29) is 11.7 Å². The molecule has 0 aliphatic rings. The number of carbonyl (C=O) groups is 3. The number of carboxylic acids is 1. The molecule has 2 amide bonds. The molecule has 0 heterocycles. The van der Waals surface area contributed by atoms with E-state index in [1.807, 2.05) is 0 Å². The van der Waals surface area contributed by atoms with Crippen LogP contribution in [0, 0.1) is 5.92 Å². The van der Waals surface area contributed by atoms with Gasteiger partial charge in [0.2, 0.25) is 0 Å². The number of aliphatic carboxylic acids is 1. The summed E-state index contributed by atoms with van der Waals surface area (Å²) < 4.78 is 0. The molecule has 1 rings (SSSR count). The van der Waals surface area contributed by atoms with E-state index in [1.165, 1.54) is 13.0 Å². The standard InChI is InChI=1S/C14H18N2O4/c1-8(2)12(13(18)19)16-14(20)15-11-6-4-5-10(7-11)9(3)17/h4-8,12H,1-3H3,(H,18,19)(H2,15,16,20)/t12-/m0/s1. The number of hydrogen-bond acceptors (Lipinski definition) is 3. The number of anilines is 1. The van der Waals surface area contributed by atoms with Gasteiger partial charge in [0.15, 0.2) is 5.78 Å². The first kappa shape index (κ1) is 15.7. The lowest BCUT2D eigenvalue weighted by Crippen LogP contribution is -2.46. The van der Waals surface area contributed by atoms with Crippen LogP contribution in [-0.2, 0) is 4.79 Å². The molecule has 3 N–H and O–H groups in total. The van der Waals surface area contributed by atoms with Gasteiger partial charge in [-0.2, -0.15) is 0 Å². The highest BCUT2D eigenvalue weighted by Crippen LogP contribution is 2.11. The summed E-state index contributed by atoms with van der Waals surface area (Å²) in [6.45, 7) is 4.84. The van der Waals surface area contributed by atoms with Crippen LogP contribution < -0.4 is 10.6 Å². The lowest BCUT2D eigenvalue weighted by molar-refractivity contribution is -0.140. The molecule has 0 bridgehead atoms. The van der Waals surface area contributed by atoms with E-state index in [2.05, 4.69) is 10.6 Å². The minimum atomic E-state index is -1.09. The van der Waals surface area contributed by atoms with E-state index < -0.39 is 18.0 Å². The van der Waals surface area contributed by atoms with Gasteiger partial charge in [-0.05, 0) is 25.0 Å². The first-order valence-corrected chi connectivity index (χ1v) is 6.22. The van der Waals surface area contributed by atoms with Gasteiger partial charge in [-0.25, -0.2) is 9.59 Å². The van der Waals surface area contributed by atoms with Gasteiger partial charge < -0.3 is 15.7 Å². The molecule has 0 aromatic heterocycles. The monoisotopic (exact) mass is 278 g/mol. The predicted octanol–water partition coefficient (Wildman–Crippen LogP) is 2.12. The van der Waals surface area contributed by atoms with E-state index in [9.17, 15) is 14.4 Å². The minimum absolute atomic E-state index is 0.111. The quantitative estimate of drug-likeness (QED) is 0.719. The summed E-state index contributed by atoms with van der Waals surface area (Å²) in [4.78, 5) is 34.0. The molecular weight excluding hydrogens is 260 g/mol. The molecule has 20 heavy (non-hydrogen) atoms. The van der Waals surface area contributed by atoms with Gasteiger partial charge in [0.25, 0.3) is 0 Å². The summed E-state index contributed by atoms with van der Waals surface area (Å²) in [7, 11) is 0. The molecule has 1 atom stereocenters. The van der Waals surface area contributed by atoms with Crippen molar-refractivity contribution >= 4 is 23.5 Å². The van der Waals surface area contributed by atoms with Crippen molar-refractivity contribution in [2.45, 2.75) is 26.8 Å². The summed E-state index contributed by atoms with van der Waals surface area (Å²) in [5, 5.41) is 13.9. The topological polar surface area (TPSA) is 95.5 Å². The van der Waals surface area contributed by atoms with Gasteiger partial charge in [0.05, 0.1) is 0 Å². The van der Waals surface area contributed by atoms with Crippen molar-refractivity contribution in [1.82, 2.24) is 5.32 Å². The van der Waals surface area contributed by atoms with Gasteiger partial charge in [-0.3, -0.25) is 4.79 Å². The van der Waals surface area contributed by atoms with Crippen LogP contribution in [0.5, 0.6) is 0 Å². The van der Waals surface area contributed by atoms with Crippen LogP contribution >= 0.6 is 0 Å². The van der Waals surface area contributed by atoms with Crippen LogP contribution in [0.1, 0.15) is 31.1 Å². The Bertz CT molecular complexity index is 526. The Morgan fingerprint density at radius 1 is 1.20 bits per heavy atom. The number of Topliss-reactive ketones (excluding diaryl/α,β-unsaturated/α-hetero) is 1. The van der Waals surface area contributed by atoms with Gasteiger partial charge in [-0.1, -0.05) is 26.0 Å². The van der Waals surface area contributed by atoms with Gasteiger partial charge in [0.1, 0.15) is 6.04 Å². The maximum absolute atomic E-state index is 11.7. The van der Waals surface area contributed by atoms with Crippen LogP contribution in [0.2, 0.25) is 0 Å². The molecule has 1 aromatic carbocycles. The van der Waals surface area contributed by atoms with E-state index in [1.54, 1.807) is 32.0 Å². The lowest BCUT2D eigenvalue weighted by Gasteiger charge is -2.18. The molecule has 0 saturated heterocycles. The highest BCUT2D eigenvalue weighted by Gasteiger charge is 2.23. The Morgan fingerprint density at radius 2 is 1.85 bits per heavy atom. The number of ketones is 1. The fourth-order valence-corrected chi connectivity index (χ4v) is 1.64. The van der Waals surface area contributed by atoms with Crippen LogP contribution in [0.25, 0.3) is 0 Å². The number of urea groups is 1. The molecule has 1 aromatic rings. The fraction of sp³-hybridized carbons (Fsp3) is 0.357. The molecule has 0 fully saturated rings. The Balaban J connectivity index is 2.73. The lowest BCUT2D eigenvalue weighted by atomic mass is 10.1. The number of rotatable bonds is 5. The Labute approximate surface area is 117 Å². The Kier molecular flexibility index (Phi) is 5.25. The average molecular weight is 278 g/mol. The average Bonchev–Trinajstić information content (AvgIpc) is 2.35. The van der Waals surface area contributed by atoms with Gasteiger partial charge in [-0.15, -0.1) is 0 Å². The maximum Gasteiger partial charge on any atom is 0.326 e. The molecule has 0 aliphatic heterocycles. The van der Waals surface area contributed by atoms with E-state index in [0.717, 1.165) is 0 Å². The van der Waals surface area contributed by atoms with Crippen LogP contribution in [0.3, 0.4) is 0 Å². The number of carbonyl (C=O) groups excluding carboxylic acids is 2. The number of carboxylic acid groups (broad SMARTS) is 1. The summed E-state index contributed by atoms with van der Waals surface area (Å²) in [5.41, 5.74) is 0.907. The molecule has 6 heteroatoms. The first-order valence-electron chi connectivity index (χ1n) is 6.22. The Hall–Kier alpha value is -2.37. The van der Waals surface area contributed by atoms with Crippen molar-refractivity contribution in [2.24, 2.45) is 5.92 Å².